The second kappa shape index (κ2) is 5.35. The Morgan fingerprint density at radius 2 is 1.50 bits per heavy atom. The monoisotopic (exact) mass is 250 g/mol. The van der Waals surface area contributed by atoms with E-state index in [0.29, 0.717) is 5.56 Å². The summed E-state index contributed by atoms with van der Waals surface area (Å²) >= 11 is 20.9. The van der Waals surface area contributed by atoms with E-state index in [1.807, 2.05) is 0 Å². The SMILES string of the molecule is Sc1ccc(C(Cl)(Cl)Cl)cc1.[H-].[Na+]. The van der Waals surface area contributed by atoms with Crippen molar-refractivity contribution >= 4 is 47.4 Å². The molecule has 0 fully saturated rings. The van der Waals surface area contributed by atoms with Crippen molar-refractivity contribution in [3.8, 4) is 0 Å². The number of hydrogen-bond donors (Lipinski definition) is 1. The molecule has 0 aliphatic heterocycles. The third-order valence-electron chi connectivity index (χ3n) is 1.19. The minimum absolute atomic E-state index is 0. The first-order valence-electron chi connectivity index (χ1n) is 2.86. The first-order valence-corrected chi connectivity index (χ1v) is 4.44. The minimum atomic E-state index is -1.33. The predicted octanol–water partition coefficient (Wildman–Crippen LogP) is 0.918. The van der Waals surface area contributed by atoms with E-state index < -0.39 is 3.79 Å². The molecule has 0 unspecified atom stereocenters. The summed E-state index contributed by atoms with van der Waals surface area (Å²) in [6.07, 6.45) is 0. The molecule has 0 radical (unpaired) electrons. The molecule has 12 heavy (non-hydrogen) atoms. The van der Waals surface area contributed by atoms with Crippen LogP contribution in [0.25, 0.3) is 0 Å². The molecule has 0 aliphatic rings. The Hall–Kier alpha value is 1.44. The molecular formula is C7H6Cl3NaS. The van der Waals surface area contributed by atoms with Gasteiger partial charge in [-0.15, -0.1) is 12.6 Å². The molecule has 62 valence electrons. The topological polar surface area (TPSA) is 0 Å². The summed E-state index contributed by atoms with van der Waals surface area (Å²) in [5, 5.41) is 0. The van der Waals surface area contributed by atoms with Gasteiger partial charge in [0.25, 0.3) is 0 Å². The number of benzene rings is 1. The van der Waals surface area contributed by atoms with Crippen molar-refractivity contribution in [2.45, 2.75) is 8.69 Å². The molecule has 0 aliphatic carbocycles. The van der Waals surface area contributed by atoms with Gasteiger partial charge in [-0.1, -0.05) is 46.9 Å². The Labute approximate surface area is 116 Å². The van der Waals surface area contributed by atoms with Crippen LogP contribution in [-0.4, -0.2) is 0 Å². The summed E-state index contributed by atoms with van der Waals surface area (Å²) in [6, 6.07) is 7.02. The molecule has 0 spiro atoms. The molecule has 1 aromatic rings. The summed E-state index contributed by atoms with van der Waals surface area (Å²) < 4.78 is -1.33. The normalized spacial score (nSPS) is 10.7. The molecule has 0 nitrogen and oxygen atoms in total. The smallest absolute Gasteiger partial charge is 1.00 e. The molecule has 1 aromatic carbocycles. The van der Waals surface area contributed by atoms with Crippen LogP contribution < -0.4 is 29.6 Å². The van der Waals surface area contributed by atoms with Crippen molar-refractivity contribution in [2.24, 2.45) is 0 Å². The standard InChI is InChI=1S/C7H5Cl3S.Na.H/c8-7(9,10)5-1-3-6(11)4-2-5;;/h1-4,11H;;/q;+1;-1. The van der Waals surface area contributed by atoms with Crippen molar-refractivity contribution in [2.75, 3.05) is 0 Å². The van der Waals surface area contributed by atoms with E-state index >= 15 is 0 Å². The van der Waals surface area contributed by atoms with Gasteiger partial charge in [-0.25, -0.2) is 0 Å². The molecule has 0 saturated heterocycles. The average molecular weight is 252 g/mol. The van der Waals surface area contributed by atoms with Gasteiger partial charge in [0.15, 0.2) is 0 Å². The molecule has 0 N–H and O–H groups in total. The second-order valence-corrected chi connectivity index (χ2v) is 4.84. The van der Waals surface area contributed by atoms with E-state index in [1.54, 1.807) is 24.3 Å². The van der Waals surface area contributed by atoms with Gasteiger partial charge in [0, 0.05) is 10.5 Å². The zero-order valence-electron chi connectivity index (χ0n) is 7.39. The van der Waals surface area contributed by atoms with E-state index in [0.717, 1.165) is 4.90 Å². The number of thiol groups is 1. The van der Waals surface area contributed by atoms with Crippen molar-refractivity contribution in [1.29, 1.82) is 0 Å². The molecule has 0 heterocycles. The Balaban J connectivity index is 0. The average Bonchev–Trinajstić information content (AvgIpc) is 1.86. The number of hydrogen-bond acceptors (Lipinski definition) is 1. The van der Waals surface area contributed by atoms with Crippen LogP contribution in [0.5, 0.6) is 0 Å². The quantitative estimate of drug-likeness (QED) is 0.396. The maximum atomic E-state index is 5.62. The minimum Gasteiger partial charge on any atom is -1.00 e. The zero-order valence-corrected chi connectivity index (χ0v) is 11.6. The van der Waals surface area contributed by atoms with Crippen LogP contribution in [0.1, 0.15) is 6.99 Å². The van der Waals surface area contributed by atoms with Gasteiger partial charge < -0.3 is 1.43 Å². The molecule has 1 rings (SSSR count). The summed E-state index contributed by atoms with van der Waals surface area (Å²) in [5.74, 6) is 0. The van der Waals surface area contributed by atoms with Crippen molar-refractivity contribution < 1.29 is 31.0 Å². The summed E-state index contributed by atoms with van der Waals surface area (Å²) in [6.45, 7) is 0. The first kappa shape index (κ1) is 13.4. The van der Waals surface area contributed by atoms with Crippen LogP contribution in [0, 0.1) is 0 Å². The van der Waals surface area contributed by atoms with Gasteiger partial charge >= 0.3 is 29.6 Å². The first-order chi connectivity index (χ1) is 5.00. The maximum Gasteiger partial charge on any atom is 1.00 e. The van der Waals surface area contributed by atoms with Gasteiger partial charge in [0.1, 0.15) is 0 Å². The van der Waals surface area contributed by atoms with Crippen LogP contribution >= 0.6 is 47.4 Å². The summed E-state index contributed by atoms with van der Waals surface area (Å²) in [7, 11) is 0. The molecule has 0 amide bonds. The fourth-order valence-electron chi connectivity index (χ4n) is 0.650. The largest absolute Gasteiger partial charge is 1.00 e. The van der Waals surface area contributed by atoms with Gasteiger partial charge in [-0.05, 0) is 12.1 Å². The zero-order chi connectivity index (χ0) is 8.48. The van der Waals surface area contributed by atoms with Crippen molar-refractivity contribution in [1.82, 2.24) is 0 Å². The maximum absolute atomic E-state index is 5.62. The Bertz CT molecular complexity index is 247. The third-order valence-corrected chi connectivity index (χ3v) is 2.15. The molecule has 0 bridgehead atoms. The van der Waals surface area contributed by atoms with Crippen LogP contribution in [-0.2, 0) is 3.79 Å². The van der Waals surface area contributed by atoms with E-state index in [9.17, 15) is 0 Å². The van der Waals surface area contributed by atoms with Crippen LogP contribution in [0.2, 0.25) is 0 Å². The van der Waals surface area contributed by atoms with E-state index in [4.69, 9.17) is 34.8 Å². The summed E-state index contributed by atoms with van der Waals surface area (Å²) in [5.41, 5.74) is 0.653. The number of alkyl halides is 3. The molecule has 0 saturated carbocycles. The Kier molecular flexibility index (Phi) is 6.00. The third kappa shape index (κ3) is 4.10. The van der Waals surface area contributed by atoms with Gasteiger partial charge in [0.05, 0.1) is 0 Å². The van der Waals surface area contributed by atoms with Crippen molar-refractivity contribution in [3.05, 3.63) is 29.8 Å². The van der Waals surface area contributed by atoms with Gasteiger partial charge in [0.2, 0.25) is 3.79 Å². The Morgan fingerprint density at radius 1 is 1.08 bits per heavy atom. The van der Waals surface area contributed by atoms with Crippen molar-refractivity contribution in [3.63, 3.8) is 0 Å². The van der Waals surface area contributed by atoms with Crippen LogP contribution in [0.3, 0.4) is 0 Å². The van der Waals surface area contributed by atoms with Crippen LogP contribution in [0.15, 0.2) is 29.2 Å². The molecule has 5 heteroatoms. The molecule has 0 atom stereocenters. The second-order valence-electron chi connectivity index (χ2n) is 2.04. The summed E-state index contributed by atoms with van der Waals surface area (Å²) in [4.78, 5) is 0.850. The molecule has 0 aromatic heterocycles. The van der Waals surface area contributed by atoms with Gasteiger partial charge in [-0.2, -0.15) is 0 Å². The van der Waals surface area contributed by atoms with Gasteiger partial charge in [-0.3, -0.25) is 0 Å². The Morgan fingerprint density at radius 3 is 1.83 bits per heavy atom. The predicted molar refractivity (Wildman–Crippen MR) is 54.0 cm³/mol. The molecular weight excluding hydrogens is 245 g/mol. The fourth-order valence-corrected chi connectivity index (χ4v) is 1.18. The number of rotatable bonds is 0. The fraction of sp³-hybridized carbons (Fsp3) is 0.143. The van der Waals surface area contributed by atoms with E-state index in [2.05, 4.69) is 12.6 Å². The van der Waals surface area contributed by atoms with Crippen LogP contribution in [0.4, 0.5) is 0 Å². The van der Waals surface area contributed by atoms with E-state index in [1.165, 1.54) is 0 Å². The number of halogens is 3. The van der Waals surface area contributed by atoms with E-state index in [-0.39, 0.29) is 31.0 Å².